The van der Waals surface area contributed by atoms with Crippen LogP contribution < -0.4 is 5.73 Å². The lowest BCUT2D eigenvalue weighted by Crippen LogP contribution is -2.15. The topological polar surface area (TPSA) is 54.7 Å². The SMILES string of the molecule is CC(N)CCc1ncc(-c2cc(Br)cs2)[nH]1. The van der Waals surface area contributed by atoms with Crippen LogP contribution >= 0.6 is 27.3 Å². The fourth-order valence-electron chi connectivity index (χ4n) is 1.43. The number of halogens is 1. The van der Waals surface area contributed by atoms with Gasteiger partial charge in [0.25, 0.3) is 0 Å². The van der Waals surface area contributed by atoms with E-state index in [1.807, 2.05) is 13.1 Å². The van der Waals surface area contributed by atoms with Gasteiger partial charge in [-0.05, 0) is 35.3 Å². The monoisotopic (exact) mass is 299 g/mol. The molecule has 0 fully saturated rings. The second kappa shape index (κ2) is 5.12. The van der Waals surface area contributed by atoms with Crippen molar-refractivity contribution in [3.8, 4) is 10.6 Å². The van der Waals surface area contributed by atoms with Crippen molar-refractivity contribution in [3.63, 3.8) is 0 Å². The lowest BCUT2D eigenvalue weighted by molar-refractivity contribution is 0.652. The summed E-state index contributed by atoms with van der Waals surface area (Å²) < 4.78 is 1.11. The van der Waals surface area contributed by atoms with Crippen LogP contribution in [0.25, 0.3) is 10.6 Å². The number of aromatic amines is 1. The molecule has 2 heterocycles. The number of aryl methyl sites for hydroxylation is 1. The summed E-state index contributed by atoms with van der Waals surface area (Å²) in [5.74, 6) is 1.01. The zero-order chi connectivity index (χ0) is 11.5. The number of imidazole rings is 1. The number of aromatic nitrogens is 2. The smallest absolute Gasteiger partial charge is 0.106 e. The standard InChI is InChI=1S/C11H14BrN3S/c1-7(13)2-3-11-14-5-9(15-11)10-4-8(12)6-16-10/h4-7H,2-3,13H2,1H3,(H,14,15). The fraction of sp³-hybridized carbons (Fsp3) is 0.364. The van der Waals surface area contributed by atoms with Crippen molar-refractivity contribution >= 4 is 27.3 Å². The molecule has 1 unspecified atom stereocenters. The highest BCUT2D eigenvalue weighted by atomic mass is 79.9. The largest absolute Gasteiger partial charge is 0.341 e. The number of thiophene rings is 1. The molecule has 0 radical (unpaired) electrons. The Kier molecular flexibility index (Phi) is 3.78. The minimum absolute atomic E-state index is 0.226. The highest BCUT2D eigenvalue weighted by molar-refractivity contribution is 9.10. The van der Waals surface area contributed by atoms with Crippen molar-refractivity contribution in [2.24, 2.45) is 5.73 Å². The van der Waals surface area contributed by atoms with Gasteiger partial charge >= 0.3 is 0 Å². The van der Waals surface area contributed by atoms with Gasteiger partial charge in [-0.1, -0.05) is 0 Å². The van der Waals surface area contributed by atoms with Crippen molar-refractivity contribution < 1.29 is 0 Å². The molecule has 3 nitrogen and oxygen atoms in total. The molecule has 1 atom stereocenters. The molecule has 2 aromatic heterocycles. The van der Waals surface area contributed by atoms with E-state index in [1.165, 1.54) is 4.88 Å². The number of nitrogens with zero attached hydrogens (tertiary/aromatic N) is 1. The molecule has 0 aliphatic rings. The third-order valence-electron chi connectivity index (χ3n) is 2.30. The lowest BCUT2D eigenvalue weighted by Gasteiger charge is -2.01. The van der Waals surface area contributed by atoms with E-state index in [0.29, 0.717) is 0 Å². The molecular weight excluding hydrogens is 286 g/mol. The first-order valence-corrected chi connectivity index (χ1v) is 6.86. The van der Waals surface area contributed by atoms with E-state index in [4.69, 9.17) is 5.73 Å². The van der Waals surface area contributed by atoms with E-state index in [9.17, 15) is 0 Å². The Morgan fingerprint density at radius 2 is 2.44 bits per heavy atom. The first-order valence-electron chi connectivity index (χ1n) is 5.19. The second-order valence-electron chi connectivity index (χ2n) is 3.89. The normalized spacial score (nSPS) is 12.9. The number of hydrogen-bond acceptors (Lipinski definition) is 3. The van der Waals surface area contributed by atoms with Gasteiger partial charge in [0.1, 0.15) is 5.82 Å². The molecule has 0 saturated heterocycles. The molecule has 16 heavy (non-hydrogen) atoms. The molecule has 5 heteroatoms. The maximum atomic E-state index is 5.72. The molecule has 0 spiro atoms. The minimum atomic E-state index is 0.226. The van der Waals surface area contributed by atoms with Crippen molar-refractivity contribution in [1.82, 2.24) is 9.97 Å². The van der Waals surface area contributed by atoms with Crippen LogP contribution in [0.1, 0.15) is 19.2 Å². The molecule has 0 amide bonds. The molecule has 2 aromatic rings. The molecule has 0 aliphatic heterocycles. The second-order valence-corrected chi connectivity index (χ2v) is 5.72. The fourth-order valence-corrected chi connectivity index (χ4v) is 2.83. The Balaban J connectivity index is 2.07. The van der Waals surface area contributed by atoms with Crippen molar-refractivity contribution in [3.05, 3.63) is 27.9 Å². The number of H-pyrrole nitrogens is 1. The van der Waals surface area contributed by atoms with Crippen LogP contribution in [-0.4, -0.2) is 16.0 Å². The van der Waals surface area contributed by atoms with Crippen LogP contribution in [0, 0.1) is 0 Å². The number of nitrogens with two attached hydrogens (primary N) is 1. The van der Waals surface area contributed by atoms with Crippen LogP contribution in [0.2, 0.25) is 0 Å². The van der Waals surface area contributed by atoms with E-state index in [1.54, 1.807) is 11.3 Å². The van der Waals surface area contributed by atoms with Gasteiger partial charge in [-0.2, -0.15) is 0 Å². The van der Waals surface area contributed by atoms with Gasteiger partial charge in [0.2, 0.25) is 0 Å². The van der Waals surface area contributed by atoms with E-state index in [2.05, 4.69) is 37.3 Å². The lowest BCUT2D eigenvalue weighted by atomic mass is 10.2. The van der Waals surface area contributed by atoms with Gasteiger partial charge in [-0.15, -0.1) is 11.3 Å². The molecule has 0 saturated carbocycles. The average molecular weight is 300 g/mol. The van der Waals surface area contributed by atoms with Crippen LogP contribution in [0.4, 0.5) is 0 Å². The molecule has 0 aromatic carbocycles. The third kappa shape index (κ3) is 2.93. The first kappa shape index (κ1) is 11.8. The Morgan fingerprint density at radius 1 is 1.62 bits per heavy atom. The summed E-state index contributed by atoms with van der Waals surface area (Å²) in [6, 6.07) is 2.32. The van der Waals surface area contributed by atoms with Crippen molar-refractivity contribution in [2.75, 3.05) is 0 Å². The van der Waals surface area contributed by atoms with Crippen molar-refractivity contribution in [2.45, 2.75) is 25.8 Å². The summed E-state index contributed by atoms with van der Waals surface area (Å²) in [4.78, 5) is 8.88. The van der Waals surface area contributed by atoms with Crippen LogP contribution in [0.3, 0.4) is 0 Å². The minimum Gasteiger partial charge on any atom is -0.341 e. The van der Waals surface area contributed by atoms with Crippen LogP contribution in [0.15, 0.2) is 22.1 Å². The van der Waals surface area contributed by atoms with E-state index < -0.39 is 0 Å². The summed E-state index contributed by atoms with van der Waals surface area (Å²) >= 11 is 5.14. The van der Waals surface area contributed by atoms with Gasteiger partial charge in [0, 0.05) is 22.3 Å². The maximum absolute atomic E-state index is 5.72. The number of hydrogen-bond donors (Lipinski definition) is 2. The van der Waals surface area contributed by atoms with Crippen LogP contribution in [0.5, 0.6) is 0 Å². The first-order chi connectivity index (χ1) is 7.65. The quantitative estimate of drug-likeness (QED) is 0.911. The van der Waals surface area contributed by atoms with Crippen LogP contribution in [-0.2, 0) is 6.42 Å². The van der Waals surface area contributed by atoms with Gasteiger partial charge in [-0.25, -0.2) is 4.98 Å². The zero-order valence-corrected chi connectivity index (χ0v) is 11.4. The highest BCUT2D eigenvalue weighted by Gasteiger charge is 2.06. The Bertz CT molecular complexity index is 461. The highest BCUT2D eigenvalue weighted by Crippen LogP contribution is 2.28. The van der Waals surface area contributed by atoms with E-state index in [0.717, 1.165) is 28.8 Å². The molecule has 2 rings (SSSR count). The molecule has 0 aliphatic carbocycles. The molecule has 86 valence electrons. The van der Waals surface area contributed by atoms with Crippen molar-refractivity contribution in [1.29, 1.82) is 0 Å². The molecular formula is C11H14BrN3S. The Hall–Kier alpha value is -0.650. The molecule has 0 bridgehead atoms. The zero-order valence-electron chi connectivity index (χ0n) is 9.03. The van der Waals surface area contributed by atoms with Gasteiger partial charge < -0.3 is 10.7 Å². The van der Waals surface area contributed by atoms with Gasteiger partial charge in [-0.3, -0.25) is 0 Å². The number of nitrogens with one attached hydrogen (secondary N) is 1. The predicted molar refractivity (Wildman–Crippen MR) is 71.6 cm³/mol. The third-order valence-corrected chi connectivity index (χ3v) is 4.02. The van der Waals surface area contributed by atoms with E-state index >= 15 is 0 Å². The summed E-state index contributed by atoms with van der Waals surface area (Å²) in [7, 11) is 0. The Labute approximate surface area is 107 Å². The average Bonchev–Trinajstić information content (AvgIpc) is 2.83. The summed E-state index contributed by atoms with van der Waals surface area (Å²) in [6.45, 7) is 2.01. The molecule has 3 N–H and O–H groups in total. The van der Waals surface area contributed by atoms with Gasteiger partial charge in [0.05, 0.1) is 16.8 Å². The Morgan fingerprint density at radius 3 is 3.06 bits per heavy atom. The summed E-state index contributed by atoms with van der Waals surface area (Å²) in [5, 5.41) is 2.07. The number of rotatable bonds is 4. The predicted octanol–water partition coefficient (Wildman–Crippen LogP) is 3.18. The summed E-state index contributed by atoms with van der Waals surface area (Å²) in [5.41, 5.74) is 6.79. The maximum Gasteiger partial charge on any atom is 0.106 e. The van der Waals surface area contributed by atoms with E-state index in [-0.39, 0.29) is 6.04 Å². The van der Waals surface area contributed by atoms with Gasteiger partial charge in [0.15, 0.2) is 0 Å². The summed E-state index contributed by atoms with van der Waals surface area (Å²) in [6.07, 6.45) is 3.75.